The Bertz CT molecular complexity index is 410. The van der Waals surface area contributed by atoms with Crippen LogP contribution in [0.3, 0.4) is 0 Å². The highest BCUT2D eigenvalue weighted by molar-refractivity contribution is 9.09. The minimum absolute atomic E-state index is 1.03. The molecule has 24 heavy (non-hydrogen) atoms. The van der Waals surface area contributed by atoms with Gasteiger partial charge in [0.25, 0.3) is 0 Å². The van der Waals surface area contributed by atoms with Gasteiger partial charge in [0.1, 0.15) is 0 Å². The van der Waals surface area contributed by atoms with Gasteiger partial charge in [-0.25, -0.2) is 0 Å². The zero-order valence-electron chi connectivity index (χ0n) is 14.8. The Labute approximate surface area is 162 Å². The van der Waals surface area contributed by atoms with E-state index in [1.165, 1.54) is 64.5 Å². The number of unbranched alkanes of at least 4 members (excludes halogenated alkanes) is 6. The van der Waals surface area contributed by atoms with Crippen molar-refractivity contribution in [2.24, 2.45) is 0 Å². The van der Waals surface area contributed by atoms with Crippen molar-refractivity contribution in [3.8, 4) is 0 Å². The van der Waals surface area contributed by atoms with Crippen molar-refractivity contribution < 1.29 is 0 Å². The van der Waals surface area contributed by atoms with Gasteiger partial charge in [0, 0.05) is 43.2 Å². The summed E-state index contributed by atoms with van der Waals surface area (Å²) in [6, 6.07) is 8.32. The average Bonchev–Trinajstić information content (AvgIpc) is 3.29. The minimum atomic E-state index is 1.03. The molecule has 2 aromatic heterocycles. The summed E-state index contributed by atoms with van der Waals surface area (Å²) in [5.41, 5.74) is 0. The number of halogens is 1. The SMILES string of the molecule is BrCCCCCCn1cccc1.SCCCCCCn1cccc1. The summed E-state index contributed by atoms with van der Waals surface area (Å²) in [6.07, 6.45) is 19.0. The summed E-state index contributed by atoms with van der Waals surface area (Å²) in [5, 5.41) is 1.15. The number of nitrogens with zero attached hydrogens (tertiary/aromatic N) is 2. The van der Waals surface area contributed by atoms with Crippen LogP contribution in [0.2, 0.25) is 0 Å². The fourth-order valence-electron chi connectivity index (χ4n) is 2.54. The summed E-state index contributed by atoms with van der Waals surface area (Å²) in [5.74, 6) is 1.03. The van der Waals surface area contributed by atoms with Gasteiger partial charge in [-0.15, -0.1) is 0 Å². The lowest BCUT2D eigenvalue weighted by Gasteiger charge is -2.01. The van der Waals surface area contributed by atoms with Crippen molar-refractivity contribution in [2.75, 3.05) is 11.1 Å². The van der Waals surface area contributed by atoms with Crippen molar-refractivity contribution in [2.45, 2.75) is 64.5 Å². The molecule has 0 unspecified atom stereocenters. The monoisotopic (exact) mass is 412 g/mol. The van der Waals surface area contributed by atoms with Gasteiger partial charge < -0.3 is 9.13 Å². The van der Waals surface area contributed by atoms with E-state index in [0.29, 0.717) is 0 Å². The summed E-state index contributed by atoms with van der Waals surface area (Å²) >= 11 is 7.61. The molecule has 0 atom stereocenters. The average molecular weight is 413 g/mol. The van der Waals surface area contributed by atoms with Crippen LogP contribution in [0.15, 0.2) is 49.1 Å². The lowest BCUT2D eigenvalue weighted by molar-refractivity contribution is 0.586. The molecule has 0 aromatic carbocycles. The first kappa shape index (κ1) is 21.4. The Morgan fingerprint density at radius 1 is 0.583 bits per heavy atom. The van der Waals surface area contributed by atoms with Crippen LogP contribution in [0, 0.1) is 0 Å². The Morgan fingerprint density at radius 3 is 1.42 bits per heavy atom. The molecule has 136 valence electrons. The third-order valence-corrected chi connectivity index (χ3v) is 4.83. The standard InChI is InChI=1S/C10H16BrN.C10H17NS/c11-7-3-1-2-4-8-12-9-5-6-10-12;12-10-6-2-1-3-7-11-8-4-5-9-11/h5-6,9-10H,1-4,7-8H2;4-5,8-9,12H,1-3,6-7,10H2. The minimum Gasteiger partial charge on any atom is -0.354 e. The predicted octanol–water partition coefficient (Wildman–Crippen LogP) is 6.42. The first-order valence-electron chi connectivity index (χ1n) is 9.25. The van der Waals surface area contributed by atoms with Crippen molar-refractivity contribution in [1.29, 1.82) is 0 Å². The van der Waals surface area contributed by atoms with E-state index < -0.39 is 0 Å². The van der Waals surface area contributed by atoms with Crippen LogP contribution in [0.1, 0.15) is 51.4 Å². The molecule has 0 aliphatic carbocycles. The number of rotatable bonds is 12. The van der Waals surface area contributed by atoms with Gasteiger partial charge in [0.15, 0.2) is 0 Å². The molecule has 2 rings (SSSR count). The van der Waals surface area contributed by atoms with Crippen LogP contribution >= 0.6 is 28.6 Å². The second-order valence-corrected chi connectivity index (χ2v) is 7.32. The molecule has 2 nitrogen and oxygen atoms in total. The van der Waals surface area contributed by atoms with E-state index in [0.717, 1.165) is 11.1 Å². The maximum atomic E-state index is 4.18. The molecule has 0 saturated carbocycles. The normalized spacial score (nSPS) is 10.4. The fraction of sp³-hybridized carbons (Fsp3) is 0.600. The maximum absolute atomic E-state index is 4.18. The third-order valence-electron chi connectivity index (χ3n) is 3.96. The number of aromatic nitrogens is 2. The van der Waals surface area contributed by atoms with Gasteiger partial charge in [0.2, 0.25) is 0 Å². The van der Waals surface area contributed by atoms with Gasteiger partial charge in [-0.05, 0) is 55.7 Å². The van der Waals surface area contributed by atoms with E-state index >= 15 is 0 Å². The fourth-order valence-corrected chi connectivity index (χ4v) is 3.16. The Kier molecular flexibility index (Phi) is 14.2. The molecule has 4 heteroatoms. The quantitative estimate of drug-likeness (QED) is 0.234. The second-order valence-electron chi connectivity index (χ2n) is 6.08. The number of aryl methyl sites for hydroxylation is 2. The van der Waals surface area contributed by atoms with Crippen LogP contribution in [0.25, 0.3) is 0 Å². The van der Waals surface area contributed by atoms with E-state index in [9.17, 15) is 0 Å². The highest BCUT2D eigenvalue weighted by Crippen LogP contribution is 2.04. The third kappa shape index (κ3) is 11.9. The predicted molar refractivity (Wildman–Crippen MR) is 113 cm³/mol. The molecule has 0 spiro atoms. The van der Waals surface area contributed by atoms with Gasteiger partial charge >= 0.3 is 0 Å². The summed E-state index contributed by atoms with van der Waals surface area (Å²) in [4.78, 5) is 0. The molecule has 0 aliphatic rings. The first-order valence-corrected chi connectivity index (χ1v) is 11.0. The van der Waals surface area contributed by atoms with Crippen molar-refractivity contribution in [1.82, 2.24) is 9.13 Å². The van der Waals surface area contributed by atoms with E-state index in [1.54, 1.807) is 0 Å². The molecule has 0 radical (unpaired) electrons. The molecule has 0 saturated heterocycles. The van der Waals surface area contributed by atoms with E-state index in [4.69, 9.17) is 0 Å². The highest BCUT2D eigenvalue weighted by atomic mass is 79.9. The number of hydrogen-bond donors (Lipinski definition) is 1. The molecular weight excluding hydrogens is 380 g/mol. The van der Waals surface area contributed by atoms with Gasteiger partial charge in [-0.1, -0.05) is 41.6 Å². The summed E-state index contributed by atoms with van der Waals surface area (Å²) in [7, 11) is 0. The summed E-state index contributed by atoms with van der Waals surface area (Å²) in [6.45, 7) is 2.34. The van der Waals surface area contributed by atoms with E-state index in [2.05, 4.69) is 86.7 Å². The second kappa shape index (κ2) is 15.9. The number of alkyl halides is 1. The molecule has 0 aliphatic heterocycles. The van der Waals surface area contributed by atoms with Crippen LogP contribution in [0.5, 0.6) is 0 Å². The van der Waals surface area contributed by atoms with Crippen molar-refractivity contribution >= 4 is 28.6 Å². The highest BCUT2D eigenvalue weighted by Gasteiger charge is 1.91. The lowest BCUT2D eigenvalue weighted by atomic mass is 10.2. The molecule has 2 aromatic rings. The van der Waals surface area contributed by atoms with Gasteiger partial charge in [-0.3, -0.25) is 0 Å². The lowest BCUT2D eigenvalue weighted by Crippen LogP contribution is -1.93. The van der Waals surface area contributed by atoms with E-state index in [-0.39, 0.29) is 0 Å². The van der Waals surface area contributed by atoms with E-state index in [1.807, 2.05) is 0 Å². The molecule has 0 amide bonds. The molecule has 0 bridgehead atoms. The zero-order chi connectivity index (χ0) is 17.3. The van der Waals surface area contributed by atoms with Crippen LogP contribution < -0.4 is 0 Å². The molecule has 0 N–H and O–H groups in total. The first-order chi connectivity index (χ1) is 11.9. The summed E-state index contributed by atoms with van der Waals surface area (Å²) < 4.78 is 4.48. The van der Waals surface area contributed by atoms with Gasteiger partial charge in [-0.2, -0.15) is 12.6 Å². The molecule has 2 heterocycles. The van der Waals surface area contributed by atoms with Crippen LogP contribution in [-0.2, 0) is 13.1 Å². The van der Waals surface area contributed by atoms with Crippen LogP contribution in [-0.4, -0.2) is 20.2 Å². The maximum Gasteiger partial charge on any atom is 0.0219 e. The van der Waals surface area contributed by atoms with Crippen molar-refractivity contribution in [3.63, 3.8) is 0 Å². The topological polar surface area (TPSA) is 9.86 Å². The Hall–Kier alpha value is -0.610. The molecule has 0 fully saturated rings. The molecular formula is C20H33BrN2S. The van der Waals surface area contributed by atoms with Gasteiger partial charge in [0.05, 0.1) is 0 Å². The number of hydrogen-bond acceptors (Lipinski definition) is 1. The van der Waals surface area contributed by atoms with Crippen molar-refractivity contribution in [3.05, 3.63) is 49.1 Å². The number of thiol groups is 1. The Morgan fingerprint density at radius 2 is 1.00 bits per heavy atom. The smallest absolute Gasteiger partial charge is 0.0219 e. The Balaban J connectivity index is 0.000000240. The van der Waals surface area contributed by atoms with Crippen LogP contribution in [0.4, 0.5) is 0 Å². The largest absolute Gasteiger partial charge is 0.354 e. The zero-order valence-corrected chi connectivity index (χ0v) is 17.3.